The molecule has 0 radical (unpaired) electrons. The molecule has 7 heteroatoms. The standard InChI is InChI=1S/C15H19N5O2/c1-12-11-22-9-8-19(12)15(21)17-10-13-4-2-5-16-14(13)20-7-3-6-18-20/h2-7,12H,8-11H2,1H3,(H,17,21)/t12-/m1/s1. The van der Waals surface area contributed by atoms with Crippen LogP contribution in [-0.4, -0.2) is 51.5 Å². The van der Waals surface area contributed by atoms with Gasteiger partial charge in [0.1, 0.15) is 0 Å². The summed E-state index contributed by atoms with van der Waals surface area (Å²) in [6.07, 6.45) is 5.25. The van der Waals surface area contributed by atoms with E-state index in [9.17, 15) is 4.79 Å². The van der Waals surface area contributed by atoms with Crippen LogP contribution in [0.4, 0.5) is 4.79 Å². The highest BCUT2D eigenvalue weighted by Crippen LogP contribution is 2.11. The molecular weight excluding hydrogens is 282 g/mol. The van der Waals surface area contributed by atoms with Crippen molar-refractivity contribution in [2.24, 2.45) is 0 Å². The number of hydrogen-bond acceptors (Lipinski definition) is 4. The second kappa shape index (κ2) is 6.57. The fourth-order valence-corrected chi connectivity index (χ4v) is 2.47. The van der Waals surface area contributed by atoms with Crippen LogP contribution in [0.25, 0.3) is 5.82 Å². The van der Waals surface area contributed by atoms with Gasteiger partial charge in [0.05, 0.1) is 19.3 Å². The third-order valence-electron chi connectivity index (χ3n) is 3.65. The number of carbonyl (C=O) groups is 1. The number of aromatic nitrogens is 3. The Morgan fingerprint density at radius 3 is 3.14 bits per heavy atom. The Kier molecular flexibility index (Phi) is 4.34. The molecule has 2 amide bonds. The Morgan fingerprint density at radius 1 is 1.45 bits per heavy atom. The number of hydrogen-bond donors (Lipinski definition) is 1. The van der Waals surface area contributed by atoms with E-state index in [1.807, 2.05) is 31.3 Å². The molecule has 3 rings (SSSR count). The molecule has 1 fully saturated rings. The first-order chi connectivity index (χ1) is 10.8. The van der Waals surface area contributed by atoms with Crippen LogP contribution in [0.15, 0.2) is 36.8 Å². The minimum Gasteiger partial charge on any atom is -0.377 e. The Labute approximate surface area is 128 Å². The first-order valence-electron chi connectivity index (χ1n) is 7.32. The van der Waals surface area contributed by atoms with Crippen molar-refractivity contribution in [3.8, 4) is 5.82 Å². The van der Waals surface area contributed by atoms with Crippen LogP contribution < -0.4 is 5.32 Å². The molecular formula is C15H19N5O2. The number of urea groups is 1. The monoisotopic (exact) mass is 301 g/mol. The first kappa shape index (κ1) is 14.5. The zero-order valence-corrected chi connectivity index (χ0v) is 12.5. The van der Waals surface area contributed by atoms with Crippen LogP contribution in [0.3, 0.4) is 0 Å². The molecule has 1 aliphatic rings. The number of nitrogens with zero attached hydrogens (tertiary/aromatic N) is 4. The molecule has 22 heavy (non-hydrogen) atoms. The van der Waals surface area contributed by atoms with Gasteiger partial charge in [-0.05, 0) is 19.1 Å². The molecule has 0 unspecified atom stereocenters. The summed E-state index contributed by atoms with van der Waals surface area (Å²) in [6, 6.07) is 5.64. The lowest BCUT2D eigenvalue weighted by atomic mass is 10.2. The van der Waals surface area contributed by atoms with E-state index in [-0.39, 0.29) is 12.1 Å². The second-order valence-corrected chi connectivity index (χ2v) is 5.21. The molecule has 1 aliphatic heterocycles. The summed E-state index contributed by atoms with van der Waals surface area (Å²) in [5.41, 5.74) is 0.917. The highest BCUT2D eigenvalue weighted by atomic mass is 16.5. The van der Waals surface area contributed by atoms with E-state index in [2.05, 4.69) is 15.4 Å². The van der Waals surface area contributed by atoms with E-state index in [1.165, 1.54) is 0 Å². The third kappa shape index (κ3) is 3.09. The largest absolute Gasteiger partial charge is 0.377 e. The first-order valence-corrected chi connectivity index (χ1v) is 7.32. The van der Waals surface area contributed by atoms with E-state index in [1.54, 1.807) is 22.0 Å². The molecule has 1 N–H and O–H groups in total. The zero-order chi connectivity index (χ0) is 15.4. The van der Waals surface area contributed by atoms with Crippen molar-refractivity contribution in [1.29, 1.82) is 0 Å². The van der Waals surface area contributed by atoms with Crippen molar-refractivity contribution in [2.75, 3.05) is 19.8 Å². The van der Waals surface area contributed by atoms with Crippen LogP contribution in [0.1, 0.15) is 12.5 Å². The summed E-state index contributed by atoms with van der Waals surface area (Å²) < 4.78 is 7.04. The maximum absolute atomic E-state index is 12.3. The molecule has 0 aromatic carbocycles. The van der Waals surface area contributed by atoms with Gasteiger partial charge in [-0.2, -0.15) is 5.10 Å². The topological polar surface area (TPSA) is 72.3 Å². The van der Waals surface area contributed by atoms with Crippen molar-refractivity contribution in [3.63, 3.8) is 0 Å². The number of ether oxygens (including phenoxy) is 1. The Balaban J connectivity index is 1.68. The van der Waals surface area contributed by atoms with E-state index in [4.69, 9.17) is 4.74 Å². The molecule has 2 aromatic heterocycles. The number of carbonyl (C=O) groups excluding carboxylic acids is 1. The van der Waals surface area contributed by atoms with Crippen LogP contribution in [0.5, 0.6) is 0 Å². The normalized spacial score (nSPS) is 18.2. The van der Waals surface area contributed by atoms with Crippen LogP contribution in [0, 0.1) is 0 Å². The summed E-state index contributed by atoms with van der Waals surface area (Å²) in [4.78, 5) is 18.4. The lowest BCUT2D eigenvalue weighted by Gasteiger charge is -2.33. The van der Waals surface area contributed by atoms with E-state index >= 15 is 0 Å². The van der Waals surface area contributed by atoms with Crippen molar-refractivity contribution in [2.45, 2.75) is 19.5 Å². The van der Waals surface area contributed by atoms with Gasteiger partial charge in [-0.1, -0.05) is 6.07 Å². The molecule has 0 saturated carbocycles. The number of pyridine rings is 1. The van der Waals surface area contributed by atoms with Gasteiger partial charge < -0.3 is 15.0 Å². The average Bonchev–Trinajstić information content (AvgIpc) is 3.07. The van der Waals surface area contributed by atoms with E-state index in [0.29, 0.717) is 26.3 Å². The quantitative estimate of drug-likeness (QED) is 0.924. The summed E-state index contributed by atoms with van der Waals surface area (Å²) in [6.45, 7) is 4.18. The van der Waals surface area contributed by atoms with Crippen LogP contribution >= 0.6 is 0 Å². The molecule has 0 bridgehead atoms. The smallest absolute Gasteiger partial charge is 0.318 e. The number of morpholine rings is 1. The number of rotatable bonds is 3. The molecule has 1 saturated heterocycles. The van der Waals surface area contributed by atoms with Crippen molar-refractivity contribution in [1.82, 2.24) is 25.0 Å². The third-order valence-corrected chi connectivity index (χ3v) is 3.65. The summed E-state index contributed by atoms with van der Waals surface area (Å²) in [5.74, 6) is 0.725. The van der Waals surface area contributed by atoms with E-state index in [0.717, 1.165) is 11.4 Å². The lowest BCUT2D eigenvalue weighted by molar-refractivity contribution is 0.0190. The van der Waals surface area contributed by atoms with Gasteiger partial charge >= 0.3 is 6.03 Å². The Morgan fingerprint density at radius 2 is 2.36 bits per heavy atom. The number of nitrogens with one attached hydrogen (secondary N) is 1. The SMILES string of the molecule is C[C@@H]1COCCN1C(=O)NCc1cccnc1-n1cccn1. The van der Waals surface area contributed by atoms with Crippen molar-refractivity contribution >= 4 is 6.03 Å². The van der Waals surface area contributed by atoms with Gasteiger partial charge in [-0.25, -0.2) is 14.5 Å². The fourth-order valence-electron chi connectivity index (χ4n) is 2.47. The van der Waals surface area contributed by atoms with Crippen molar-refractivity contribution < 1.29 is 9.53 Å². The maximum Gasteiger partial charge on any atom is 0.318 e. The highest BCUT2D eigenvalue weighted by Gasteiger charge is 2.23. The average molecular weight is 301 g/mol. The van der Waals surface area contributed by atoms with Gasteiger partial charge in [-0.15, -0.1) is 0 Å². The minimum atomic E-state index is -0.0777. The Hall–Kier alpha value is -2.41. The van der Waals surface area contributed by atoms with Gasteiger partial charge in [0.25, 0.3) is 0 Å². The predicted octanol–water partition coefficient (Wildman–Crippen LogP) is 1.20. The summed E-state index contributed by atoms with van der Waals surface area (Å²) in [7, 11) is 0. The molecule has 1 atom stereocenters. The molecule has 7 nitrogen and oxygen atoms in total. The lowest BCUT2D eigenvalue weighted by Crippen LogP contribution is -2.51. The second-order valence-electron chi connectivity index (χ2n) is 5.21. The molecule has 0 spiro atoms. The predicted molar refractivity (Wildman–Crippen MR) is 80.6 cm³/mol. The van der Waals surface area contributed by atoms with Gasteiger partial charge in [-0.3, -0.25) is 0 Å². The molecule has 0 aliphatic carbocycles. The highest BCUT2D eigenvalue weighted by molar-refractivity contribution is 5.74. The minimum absolute atomic E-state index is 0.0777. The van der Waals surface area contributed by atoms with Crippen LogP contribution in [-0.2, 0) is 11.3 Å². The van der Waals surface area contributed by atoms with E-state index < -0.39 is 0 Å². The molecule has 116 valence electrons. The maximum atomic E-state index is 12.3. The number of amides is 2. The summed E-state index contributed by atoms with van der Waals surface area (Å²) in [5, 5.41) is 7.14. The van der Waals surface area contributed by atoms with Crippen molar-refractivity contribution in [3.05, 3.63) is 42.4 Å². The summed E-state index contributed by atoms with van der Waals surface area (Å²) >= 11 is 0. The van der Waals surface area contributed by atoms with Gasteiger partial charge in [0.2, 0.25) is 0 Å². The fraction of sp³-hybridized carbons (Fsp3) is 0.400. The molecule has 2 aromatic rings. The van der Waals surface area contributed by atoms with Gasteiger partial charge in [0, 0.05) is 37.2 Å². The Bertz CT molecular complexity index is 629. The zero-order valence-electron chi connectivity index (χ0n) is 12.5. The van der Waals surface area contributed by atoms with Crippen LogP contribution in [0.2, 0.25) is 0 Å². The molecule has 3 heterocycles. The van der Waals surface area contributed by atoms with Gasteiger partial charge in [0.15, 0.2) is 5.82 Å².